The number of β-amino-alcohol motifs (C(OH)–C–C–N with tert-alkyl or cyclic N) is 1. The van der Waals surface area contributed by atoms with E-state index in [1.165, 1.54) is 24.3 Å². The number of carbonyl (C=O) groups excluding carboxylic acids is 2. The highest BCUT2D eigenvalue weighted by molar-refractivity contribution is 6.21. The smallest absolute Gasteiger partial charge is 0.261 e. The zero-order chi connectivity index (χ0) is 16.4. The topological polar surface area (TPSA) is 66.8 Å². The van der Waals surface area contributed by atoms with Crippen LogP contribution in [0.5, 0.6) is 5.75 Å². The molecule has 23 heavy (non-hydrogen) atoms. The number of hydrogen-bond acceptors (Lipinski definition) is 4. The number of fused-ring (bicyclic) bond motifs is 1. The standard InChI is InChI=1S/C17H14FNO4/c18-12-3-1-2-11(8-12)10-23-13-4-5-14-15(9-13)17(22)19(6-7-20)16(14)21/h1-5,8-9,20H,6-7,10H2. The van der Waals surface area contributed by atoms with Gasteiger partial charge >= 0.3 is 0 Å². The van der Waals surface area contributed by atoms with Crippen LogP contribution in [0.3, 0.4) is 0 Å². The van der Waals surface area contributed by atoms with Crippen LogP contribution in [-0.4, -0.2) is 35.0 Å². The van der Waals surface area contributed by atoms with Crippen LogP contribution in [0.4, 0.5) is 4.39 Å². The average Bonchev–Trinajstić information content (AvgIpc) is 2.78. The zero-order valence-electron chi connectivity index (χ0n) is 12.2. The van der Waals surface area contributed by atoms with Gasteiger partial charge in [-0.15, -0.1) is 0 Å². The number of halogens is 1. The third-order valence-electron chi connectivity index (χ3n) is 3.56. The third-order valence-corrected chi connectivity index (χ3v) is 3.56. The van der Waals surface area contributed by atoms with Gasteiger partial charge in [-0.25, -0.2) is 4.39 Å². The summed E-state index contributed by atoms with van der Waals surface area (Å²) in [7, 11) is 0. The number of rotatable bonds is 5. The van der Waals surface area contributed by atoms with Crippen molar-refractivity contribution in [2.24, 2.45) is 0 Å². The van der Waals surface area contributed by atoms with E-state index in [0.29, 0.717) is 16.9 Å². The van der Waals surface area contributed by atoms with Gasteiger partial charge in [0.1, 0.15) is 18.2 Å². The minimum atomic E-state index is -0.449. The first kappa shape index (κ1) is 15.2. The first-order valence-electron chi connectivity index (χ1n) is 7.08. The summed E-state index contributed by atoms with van der Waals surface area (Å²) in [6, 6.07) is 10.6. The summed E-state index contributed by atoms with van der Waals surface area (Å²) in [6.45, 7) is -0.167. The van der Waals surface area contributed by atoms with E-state index in [0.717, 1.165) is 4.90 Å². The van der Waals surface area contributed by atoms with Crippen molar-refractivity contribution in [1.29, 1.82) is 0 Å². The summed E-state index contributed by atoms with van der Waals surface area (Å²) in [6.07, 6.45) is 0. The molecular weight excluding hydrogens is 301 g/mol. The fraction of sp³-hybridized carbons (Fsp3) is 0.176. The molecule has 118 valence electrons. The predicted octanol–water partition coefficient (Wildman–Crippen LogP) is 1.99. The monoisotopic (exact) mass is 315 g/mol. The van der Waals surface area contributed by atoms with Gasteiger partial charge in [-0.1, -0.05) is 12.1 Å². The molecule has 1 heterocycles. The lowest BCUT2D eigenvalue weighted by atomic mass is 10.1. The number of aliphatic hydroxyl groups excluding tert-OH is 1. The van der Waals surface area contributed by atoms with E-state index >= 15 is 0 Å². The maximum Gasteiger partial charge on any atom is 0.261 e. The van der Waals surface area contributed by atoms with Crippen molar-refractivity contribution in [2.75, 3.05) is 13.2 Å². The van der Waals surface area contributed by atoms with Gasteiger partial charge in [-0.05, 0) is 35.9 Å². The van der Waals surface area contributed by atoms with Crippen LogP contribution in [0.2, 0.25) is 0 Å². The van der Waals surface area contributed by atoms with Crippen LogP contribution in [0.25, 0.3) is 0 Å². The number of hydrogen-bond donors (Lipinski definition) is 1. The van der Waals surface area contributed by atoms with Crippen LogP contribution in [0.15, 0.2) is 42.5 Å². The van der Waals surface area contributed by atoms with Crippen LogP contribution in [0.1, 0.15) is 26.3 Å². The van der Waals surface area contributed by atoms with Crippen molar-refractivity contribution in [3.05, 3.63) is 65.0 Å². The molecule has 0 spiro atoms. The second-order valence-corrected chi connectivity index (χ2v) is 5.11. The average molecular weight is 315 g/mol. The van der Waals surface area contributed by atoms with Gasteiger partial charge in [-0.3, -0.25) is 14.5 Å². The quantitative estimate of drug-likeness (QED) is 0.857. The third kappa shape index (κ3) is 2.93. The Labute approximate surface area is 131 Å². The van der Waals surface area contributed by atoms with Gasteiger partial charge < -0.3 is 9.84 Å². The predicted molar refractivity (Wildman–Crippen MR) is 79.6 cm³/mol. The van der Waals surface area contributed by atoms with Crippen molar-refractivity contribution >= 4 is 11.8 Å². The summed E-state index contributed by atoms with van der Waals surface area (Å²) in [5.74, 6) is -0.800. The van der Waals surface area contributed by atoms with Crippen molar-refractivity contribution in [3.63, 3.8) is 0 Å². The molecule has 2 aromatic carbocycles. The molecule has 1 N–H and O–H groups in total. The Morgan fingerprint density at radius 1 is 1.04 bits per heavy atom. The number of carbonyl (C=O) groups is 2. The van der Waals surface area contributed by atoms with Crippen LogP contribution >= 0.6 is 0 Å². The molecule has 2 amide bonds. The van der Waals surface area contributed by atoms with E-state index < -0.39 is 11.8 Å². The van der Waals surface area contributed by atoms with Gasteiger partial charge in [0.2, 0.25) is 0 Å². The molecule has 0 aliphatic carbocycles. The number of amides is 2. The first-order valence-corrected chi connectivity index (χ1v) is 7.08. The molecule has 0 saturated carbocycles. The second-order valence-electron chi connectivity index (χ2n) is 5.11. The molecule has 1 aliphatic rings. The Morgan fingerprint density at radius 2 is 1.83 bits per heavy atom. The Balaban J connectivity index is 1.77. The molecule has 2 aromatic rings. The molecule has 1 aliphatic heterocycles. The second kappa shape index (κ2) is 6.18. The van der Waals surface area contributed by atoms with Crippen molar-refractivity contribution in [2.45, 2.75) is 6.61 Å². The minimum absolute atomic E-state index is 0.0359. The zero-order valence-corrected chi connectivity index (χ0v) is 12.2. The van der Waals surface area contributed by atoms with Gasteiger partial charge in [0.05, 0.1) is 24.3 Å². The number of nitrogens with zero attached hydrogens (tertiary/aromatic N) is 1. The number of benzene rings is 2. The molecule has 0 unspecified atom stereocenters. The van der Waals surface area contributed by atoms with Crippen molar-refractivity contribution in [3.8, 4) is 5.75 Å². The highest BCUT2D eigenvalue weighted by Gasteiger charge is 2.35. The molecule has 0 atom stereocenters. The summed E-state index contributed by atoms with van der Waals surface area (Å²) in [5, 5.41) is 8.93. The summed E-state index contributed by atoms with van der Waals surface area (Å²) in [5.41, 5.74) is 1.21. The molecule has 3 rings (SSSR count). The van der Waals surface area contributed by atoms with E-state index in [4.69, 9.17) is 9.84 Å². The molecule has 5 nitrogen and oxygen atoms in total. The fourth-order valence-electron chi connectivity index (χ4n) is 2.46. The van der Waals surface area contributed by atoms with Crippen molar-refractivity contribution in [1.82, 2.24) is 4.90 Å². The maximum absolute atomic E-state index is 13.1. The van der Waals surface area contributed by atoms with Crippen LogP contribution < -0.4 is 4.74 Å². The lowest BCUT2D eigenvalue weighted by molar-refractivity contribution is 0.0624. The lowest BCUT2D eigenvalue weighted by Crippen LogP contribution is -2.32. The lowest BCUT2D eigenvalue weighted by Gasteiger charge is -2.10. The van der Waals surface area contributed by atoms with Gasteiger partial charge in [0.25, 0.3) is 11.8 Å². The highest BCUT2D eigenvalue weighted by Crippen LogP contribution is 2.27. The summed E-state index contributed by atoms with van der Waals surface area (Å²) < 4.78 is 18.7. The molecular formula is C17H14FNO4. The Morgan fingerprint density at radius 3 is 2.57 bits per heavy atom. The van der Waals surface area contributed by atoms with E-state index in [-0.39, 0.29) is 31.1 Å². The SMILES string of the molecule is O=C1c2ccc(OCc3cccc(F)c3)cc2C(=O)N1CCO. The van der Waals surface area contributed by atoms with Gasteiger partial charge in [0.15, 0.2) is 0 Å². The van der Waals surface area contributed by atoms with Crippen LogP contribution in [-0.2, 0) is 6.61 Å². The molecule has 6 heteroatoms. The van der Waals surface area contributed by atoms with E-state index in [1.54, 1.807) is 18.2 Å². The summed E-state index contributed by atoms with van der Waals surface area (Å²) >= 11 is 0. The Bertz CT molecular complexity index is 775. The number of ether oxygens (including phenoxy) is 1. The molecule has 0 radical (unpaired) electrons. The highest BCUT2D eigenvalue weighted by atomic mass is 19.1. The van der Waals surface area contributed by atoms with E-state index in [2.05, 4.69) is 0 Å². The molecule has 0 saturated heterocycles. The molecule has 0 aromatic heterocycles. The normalized spacial score (nSPS) is 13.4. The largest absolute Gasteiger partial charge is 0.489 e. The minimum Gasteiger partial charge on any atom is -0.489 e. The van der Waals surface area contributed by atoms with E-state index in [9.17, 15) is 14.0 Å². The Hall–Kier alpha value is -2.73. The van der Waals surface area contributed by atoms with Crippen molar-refractivity contribution < 1.29 is 23.8 Å². The first-order chi connectivity index (χ1) is 11.1. The summed E-state index contributed by atoms with van der Waals surface area (Å²) in [4.78, 5) is 25.2. The van der Waals surface area contributed by atoms with Gasteiger partial charge in [0, 0.05) is 0 Å². The number of aliphatic hydroxyl groups is 1. The Kier molecular flexibility index (Phi) is 4.08. The van der Waals surface area contributed by atoms with Gasteiger partial charge in [-0.2, -0.15) is 0 Å². The molecule has 0 bridgehead atoms. The molecule has 0 fully saturated rings. The van der Waals surface area contributed by atoms with E-state index in [1.807, 2.05) is 0 Å². The maximum atomic E-state index is 13.1. The fourth-order valence-corrected chi connectivity index (χ4v) is 2.46. The van der Waals surface area contributed by atoms with Crippen LogP contribution in [0, 0.1) is 5.82 Å². The number of imide groups is 1.